The van der Waals surface area contributed by atoms with E-state index < -0.39 is 16.0 Å². The quantitative estimate of drug-likeness (QED) is 0.633. The summed E-state index contributed by atoms with van der Waals surface area (Å²) in [6.07, 6.45) is 2.42. The molecular formula is C19H22N2O4S. The van der Waals surface area contributed by atoms with Crippen LogP contribution in [0.15, 0.2) is 41.3 Å². The van der Waals surface area contributed by atoms with E-state index in [4.69, 9.17) is 10.5 Å². The number of methoxy groups -OCH3 is 1. The number of hydrogen-bond acceptors (Lipinski definition) is 5. The number of ether oxygens (including phenoxy) is 1. The average molecular weight is 374 g/mol. The predicted octanol–water partition coefficient (Wildman–Crippen LogP) is 2.72. The third-order valence-electron chi connectivity index (χ3n) is 4.61. The van der Waals surface area contributed by atoms with Gasteiger partial charge in [-0.1, -0.05) is 17.7 Å². The molecule has 0 spiro atoms. The van der Waals surface area contributed by atoms with E-state index in [1.165, 1.54) is 19.2 Å². The molecule has 26 heavy (non-hydrogen) atoms. The third-order valence-corrected chi connectivity index (χ3v) is 6.14. The van der Waals surface area contributed by atoms with Crippen molar-refractivity contribution < 1.29 is 17.9 Å². The normalized spacial score (nSPS) is 16.8. The number of nitrogens with two attached hydrogens (primary N) is 1. The molecule has 0 bridgehead atoms. The number of rotatable bonds is 4. The van der Waals surface area contributed by atoms with Crippen molar-refractivity contribution in [3.63, 3.8) is 0 Å². The van der Waals surface area contributed by atoms with E-state index in [1.807, 2.05) is 12.1 Å². The number of nitrogens with one attached hydrogen (secondary N) is 1. The van der Waals surface area contributed by atoms with Crippen molar-refractivity contribution in [1.82, 2.24) is 4.72 Å². The summed E-state index contributed by atoms with van der Waals surface area (Å²) in [6, 6.07) is 9.81. The number of aryl methyl sites for hydroxylation is 2. The van der Waals surface area contributed by atoms with Crippen LogP contribution in [0.3, 0.4) is 0 Å². The van der Waals surface area contributed by atoms with Crippen LogP contribution >= 0.6 is 0 Å². The highest BCUT2D eigenvalue weighted by molar-refractivity contribution is 7.89. The van der Waals surface area contributed by atoms with Crippen molar-refractivity contribution >= 4 is 21.7 Å². The Bertz CT molecular complexity index is 954. The van der Waals surface area contributed by atoms with Gasteiger partial charge in [-0.2, -0.15) is 0 Å². The van der Waals surface area contributed by atoms with Gasteiger partial charge < -0.3 is 10.5 Å². The van der Waals surface area contributed by atoms with Gasteiger partial charge in [-0.25, -0.2) is 17.9 Å². The minimum atomic E-state index is -3.90. The molecule has 1 aliphatic carbocycles. The van der Waals surface area contributed by atoms with E-state index >= 15 is 0 Å². The van der Waals surface area contributed by atoms with Crippen molar-refractivity contribution in [2.75, 3.05) is 12.8 Å². The van der Waals surface area contributed by atoms with Crippen LogP contribution in [-0.4, -0.2) is 21.5 Å². The fourth-order valence-corrected chi connectivity index (χ4v) is 4.78. The summed E-state index contributed by atoms with van der Waals surface area (Å²) in [6.45, 7) is 1.79. The molecular weight excluding hydrogens is 352 g/mol. The smallest absolute Gasteiger partial charge is 0.339 e. The van der Waals surface area contributed by atoms with Crippen LogP contribution in [0, 0.1) is 6.92 Å². The molecule has 3 rings (SSSR count). The number of esters is 1. The van der Waals surface area contributed by atoms with Gasteiger partial charge in [-0.15, -0.1) is 0 Å². The predicted molar refractivity (Wildman–Crippen MR) is 99.4 cm³/mol. The van der Waals surface area contributed by atoms with Crippen LogP contribution in [0.25, 0.3) is 0 Å². The number of hydrogen-bond donors (Lipinski definition) is 2. The lowest BCUT2D eigenvalue weighted by Crippen LogP contribution is -2.32. The first-order chi connectivity index (χ1) is 12.3. The molecule has 1 atom stereocenters. The third kappa shape index (κ3) is 3.59. The van der Waals surface area contributed by atoms with E-state index in [0.717, 1.165) is 29.5 Å². The van der Waals surface area contributed by atoms with Gasteiger partial charge in [0, 0.05) is 11.7 Å². The maximum atomic E-state index is 13.0. The second-order valence-corrected chi connectivity index (χ2v) is 8.20. The van der Waals surface area contributed by atoms with Gasteiger partial charge in [0.15, 0.2) is 0 Å². The van der Waals surface area contributed by atoms with Crippen molar-refractivity contribution in [3.8, 4) is 0 Å². The molecule has 138 valence electrons. The topological polar surface area (TPSA) is 98.5 Å². The van der Waals surface area contributed by atoms with E-state index in [2.05, 4.69) is 4.72 Å². The summed E-state index contributed by atoms with van der Waals surface area (Å²) in [7, 11) is -2.66. The van der Waals surface area contributed by atoms with Crippen LogP contribution in [0.5, 0.6) is 0 Å². The summed E-state index contributed by atoms with van der Waals surface area (Å²) in [5, 5.41) is 0. The Labute approximate surface area is 153 Å². The maximum Gasteiger partial charge on any atom is 0.339 e. The zero-order valence-corrected chi connectivity index (χ0v) is 15.6. The largest absolute Gasteiger partial charge is 0.465 e. The second kappa shape index (κ2) is 7.09. The Morgan fingerprint density at radius 3 is 2.73 bits per heavy atom. The number of benzene rings is 2. The first-order valence-electron chi connectivity index (χ1n) is 8.41. The van der Waals surface area contributed by atoms with Gasteiger partial charge in [0.05, 0.1) is 17.6 Å². The molecule has 0 amide bonds. The molecule has 6 nitrogen and oxygen atoms in total. The summed E-state index contributed by atoms with van der Waals surface area (Å²) in [5.74, 6) is -0.675. The minimum absolute atomic E-state index is 0.0355. The van der Waals surface area contributed by atoms with Crippen molar-refractivity contribution in [1.29, 1.82) is 0 Å². The lowest BCUT2D eigenvalue weighted by atomic mass is 9.88. The Morgan fingerprint density at radius 2 is 2.00 bits per heavy atom. The zero-order valence-electron chi connectivity index (χ0n) is 14.8. The molecule has 0 radical (unpaired) electrons. The molecule has 0 aliphatic heterocycles. The Hall–Kier alpha value is -2.38. The Morgan fingerprint density at radius 1 is 1.23 bits per heavy atom. The molecule has 1 aliphatic rings. The summed E-state index contributed by atoms with van der Waals surface area (Å²) in [4.78, 5) is 12.0. The minimum Gasteiger partial charge on any atom is -0.465 e. The SMILES string of the molecule is COC(=O)c1cc(C)ccc1S(=O)(=O)NC1CCCc2cc(N)ccc21. The van der Waals surface area contributed by atoms with Crippen LogP contribution in [0.4, 0.5) is 5.69 Å². The zero-order chi connectivity index (χ0) is 18.9. The lowest BCUT2D eigenvalue weighted by molar-refractivity contribution is 0.0596. The fourth-order valence-electron chi connectivity index (χ4n) is 3.36. The Kier molecular flexibility index (Phi) is 5.02. The van der Waals surface area contributed by atoms with Gasteiger partial charge >= 0.3 is 5.97 Å². The molecule has 2 aromatic rings. The molecule has 3 N–H and O–H groups in total. The van der Waals surface area contributed by atoms with Gasteiger partial charge in [0.1, 0.15) is 0 Å². The molecule has 0 fully saturated rings. The molecule has 0 saturated carbocycles. The number of fused-ring (bicyclic) bond motifs is 1. The maximum absolute atomic E-state index is 13.0. The van der Waals surface area contributed by atoms with Crippen LogP contribution in [0.1, 0.15) is 45.9 Å². The first-order valence-corrected chi connectivity index (χ1v) is 9.90. The van der Waals surface area contributed by atoms with Crippen molar-refractivity contribution in [3.05, 3.63) is 58.7 Å². The number of carbonyl (C=O) groups is 1. The lowest BCUT2D eigenvalue weighted by Gasteiger charge is -2.26. The Balaban J connectivity index is 1.98. The highest BCUT2D eigenvalue weighted by Crippen LogP contribution is 2.32. The monoisotopic (exact) mass is 374 g/mol. The number of anilines is 1. The van der Waals surface area contributed by atoms with Gasteiger partial charge in [0.2, 0.25) is 10.0 Å². The highest BCUT2D eigenvalue weighted by atomic mass is 32.2. The number of nitrogen functional groups attached to an aromatic ring is 1. The van der Waals surface area contributed by atoms with E-state index in [1.54, 1.807) is 19.1 Å². The summed E-state index contributed by atoms with van der Waals surface area (Å²) in [5.41, 5.74) is 9.31. The molecule has 7 heteroatoms. The van der Waals surface area contributed by atoms with E-state index in [-0.39, 0.29) is 16.5 Å². The number of sulfonamides is 1. The first kappa shape index (κ1) is 18.4. The molecule has 2 aromatic carbocycles. The van der Waals surface area contributed by atoms with Gasteiger partial charge in [-0.05, 0) is 61.6 Å². The van der Waals surface area contributed by atoms with E-state index in [9.17, 15) is 13.2 Å². The van der Waals surface area contributed by atoms with Crippen LogP contribution < -0.4 is 10.5 Å². The molecule has 0 saturated heterocycles. The van der Waals surface area contributed by atoms with Gasteiger partial charge in [0.25, 0.3) is 0 Å². The summed E-state index contributed by atoms with van der Waals surface area (Å²) >= 11 is 0. The molecule has 0 aromatic heterocycles. The van der Waals surface area contributed by atoms with Crippen molar-refractivity contribution in [2.45, 2.75) is 37.1 Å². The fraction of sp³-hybridized carbons (Fsp3) is 0.316. The average Bonchev–Trinajstić information content (AvgIpc) is 2.60. The van der Waals surface area contributed by atoms with Crippen LogP contribution in [0.2, 0.25) is 0 Å². The van der Waals surface area contributed by atoms with Gasteiger partial charge in [-0.3, -0.25) is 0 Å². The van der Waals surface area contributed by atoms with Crippen molar-refractivity contribution in [2.24, 2.45) is 0 Å². The molecule has 1 unspecified atom stereocenters. The molecule has 0 heterocycles. The second-order valence-electron chi connectivity index (χ2n) is 6.52. The standard InChI is InChI=1S/C19H22N2O4S/c1-12-6-9-18(16(10-12)19(22)25-2)26(23,24)21-17-5-3-4-13-11-14(20)7-8-15(13)17/h6-11,17,21H,3-5,20H2,1-2H3. The van der Waals surface area contributed by atoms with Crippen LogP contribution in [-0.2, 0) is 21.2 Å². The highest BCUT2D eigenvalue weighted by Gasteiger charge is 2.29. The summed E-state index contributed by atoms with van der Waals surface area (Å²) < 4.78 is 33.5. The van der Waals surface area contributed by atoms with E-state index in [0.29, 0.717) is 12.1 Å². The number of carbonyl (C=O) groups excluding carboxylic acids is 1.